The fraction of sp³-hybridized carbons (Fsp3) is 0.250. The Labute approximate surface area is 113 Å². The third kappa shape index (κ3) is 2.96. The standard InChI is InChI=1S/C12H7F6NO2/c13-11(14,15)6-1-2-8-5(3-6)4-7(10(20)21)9(19-8)12(16,17)18/h1-4,9,19H,(H,20,21)/t9-/m0/s1. The number of hydrogen-bond donors (Lipinski definition) is 2. The summed E-state index contributed by atoms with van der Waals surface area (Å²) in [5.74, 6) is -1.85. The highest BCUT2D eigenvalue weighted by molar-refractivity contribution is 5.97. The van der Waals surface area contributed by atoms with Crippen LogP contribution in [0.1, 0.15) is 11.1 Å². The van der Waals surface area contributed by atoms with E-state index in [1.54, 1.807) is 0 Å². The van der Waals surface area contributed by atoms with Crippen LogP contribution in [0.25, 0.3) is 6.08 Å². The summed E-state index contributed by atoms with van der Waals surface area (Å²) in [6.07, 6.45) is -8.96. The number of fused-ring (bicyclic) bond motifs is 1. The summed E-state index contributed by atoms with van der Waals surface area (Å²) >= 11 is 0. The molecule has 1 aliphatic heterocycles. The van der Waals surface area contributed by atoms with Crippen LogP contribution >= 0.6 is 0 Å². The van der Waals surface area contributed by atoms with Crippen LogP contribution in [0.3, 0.4) is 0 Å². The van der Waals surface area contributed by atoms with Crippen LogP contribution in [0.5, 0.6) is 0 Å². The lowest BCUT2D eigenvalue weighted by molar-refractivity contribution is -0.146. The molecule has 21 heavy (non-hydrogen) atoms. The number of hydrogen-bond acceptors (Lipinski definition) is 2. The maximum atomic E-state index is 12.8. The lowest BCUT2D eigenvalue weighted by Crippen LogP contribution is -2.42. The van der Waals surface area contributed by atoms with Gasteiger partial charge in [0.1, 0.15) is 0 Å². The summed E-state index contributed by atoms with van der Waals surface area (Å²) in [7, 11) is 0. The topological polar surface area (TPSA) is 49.3 Å². The Balaban J connectivity index is 2.54. The van der Waals surface area contributed by atoms with Gasteiger partial charge in [-0.15, -0.1) is 0 Å². The van der Waals surface area contributed by atoms with E-state index in [-0.39, 0.29) is 11.3 Å². The Morgan fingerprint density at radius 1 is 1.14 bits per heavy atom. The fourth-order valence-electron chi connectivity index (χ4n) is 1.92. The predicted molar refractivity (Wildman–Crippen MR) is 60.5 cm³/mol. The lowest BCUT2D eigenvalue weighted by atomic mass is 9.95. The van der Waals surface area contributed by atoms with Gasteiger partial charge in [0.05, 0.1) is 11.1 Å². The number of carboxylic acid groups (broad SMARTS) is 1. The molecule has 0 amide bonds. The van der Waals surface area contributed by atoms with E-state index in [9.17, 15) is 31.1 Å². The zero-order valence-electron chi connectivity index (χ0n) is 10.0. The summed E-state index contributed by atoms with van der Waals surface area (Å²) in [6.45, 7) is 0. The second-order valence-electron chi connectivity index (χ2n) is 4.32. The van der Waals surface area contributed by atoms with Crippen molar-refractivity contribution in [3.63, 3.8) is 0 Å². The van der Waals surface area contributed by atoms with Gasteiger partial charge in [-0.05, 0) is 29.8 Å². The Morgan fingerprint density at radius 3 is 2.24 bits per heavy atom. The molecule has 1 aromatic rings. The molecule has 0 aliphatic carbocycles. The third-order valence-corrected chi connectivity index (χ3v) is 2.88. The van der Waals surface area contributed by atoms with E-state index >= 15 is 0 Å². The quantitative estimate of drug-likeness (QED) is 0.780. The van der Waals surface area contributed by atoms with Gasteiger partial charge in [0, 0.05) is 5.69 Å². The van der Waals surface area contributed by atoms with E-state index in [0.29, 0.717) is 18.2 Å². The minimum Gasteiger partial charge on any atom is -0.478 e. The molecule has 0 unspecified atom stereocenters. The molecule has 1 aliphatic rings. The second kappa shape index (κ2) is 4.68. The van der Waals surface area contributed by atoms with Gasteiger partial charge in [-0.1, -0.05) is 0 Å². The van der Waals surface area contributed by atoms with Crippen molar-refractivity contribution in [1.29, 1.82) is 0 Å². The Kier molecular flexibility index (Phi) is 3.38. The van der Waals surface area contributed by atoms with E-state index in [1.807, 2.05) is 5.32 Å². The molecule has 9 heteroatoms. The molecule has 0 fully saturated rings. The number of carbonyl (C=O) groups is 1. The van der Waals surface area contributed by atoms with Crippen molar-refractivity contribution < 1.29 is 36.2 Å². The zero-order valence-corrected chi connectivity index (χ0v) is 10.0. The summed E-state index contributed by atoms with van der Waals surface area (Å²) in [5, 5.41) is 10.7. The van der Waals surface area contributed by atoms with E-state index in [4.69, 9.17) is 5.11 Å². The number of anilines is 1. The number of halogens is 6. The van der Waals surface area contributed by atoms with Crippen molar-refractivity contribution in [3.8, 4) is 0 Å². The van der Waals surface area contributed by atoms with Crippen LogP contribution in [0, 0.1) is 0 Å². The molecule has 3 nitrogen and oxygen atoms in total. The molecule has 1 atom stereocenters. The second-order valence-corrected chi connectivity index (χ2v) is 4.32. The molecule has 0 radical (unpaired) electrons. The predicted octanol–water partition coefficient (Wildman–Crippen LogP) is 3.53. The van der Waals surface area contributed by atoms with Crippen LogP contribution in [0.15, 0.2) is 23.8 Å². The van der Waals surface area contributed by atoms with Crippen LogP contribution in [-0.4, -0.2) is 23.3 Å². The van der Waals surface area contributed by atoms with Crippen LogP contribution < -0.4 is 5.32 Å². The summed E-state index contributed by atoms with van der Waals surface area (Å²) in [5.41, 5.74) is -2.61. The molecule has 0 saturated carbocycles. The maximum Gasteiger partial charge on any atom is 0.416 e. The van der Waals surface area contributed by atoms with Gasteiger partial charge in [0.2, 0.25) is 0 Å². The molecule has 114 valence electrons. The van der Waals surface area contributed by atoms with Crippen molar-refractivity contribution in [2.75, 3.05) is 5.32 Å². The number of aliphatic carboxylic acids is 1. The molecule has 2 N–H and O–H groups in total. The monoisotopic (exact) mass is 311 g/mol. The first-order chi connectivity index (χ1) is 9.50. The molecule has 0 bridgehead atoms. The first-order valence-corrected chi connectivity index (χ1v) is 5.49. The van der Waals surface area contributed by atoms with E-state index in [1.165, 1.54) is 0 Å². The third-order valence-electron chi connectivity index (χ3n) is 2.88. The minimum atomic E-state index is -4.88. The van der Waals surface area contributed by atoms with Gasteiger partial charge < -0.3 is 10.4 Å². The van der Waals surface area contributed by atoms with Gasteiger partial charge in [-0.2, -0.15) is 26.3 Å². The highest BCUT2D eigenvalue weighted by atomic mass is 19.4. The van der Waals surface area contributed by atoms with Crippen molar-refractivity contribution in [2.45, 2.75) is 18.4 Å². The largest absolute Gasteiger partial charge is 0.478 e. The van der Waals surface area contributed by atoms with E-state index < -0.39 is 35.5 Å². The molecule has 2 rings (SSSR count). The van der Waals surface area contributed by atoms with Gasteiger partial charge in [-0.3, -0.25) is 0 Å². The van der Waals surface area contributed by atoms with E-state index in [2.05, 4.69) is 0 Å². The molecular weight excluding hydrogens is 304 g/mol. The highest BCUT2D eigenvalue weighted by Gasteiger charge is 2.46. The molecule has 0 spiro atoms. The molecule has 1 heterocycles. The number of rotatable bonds is 1. The van der Waals surface area contributed by atoms with Crippen LogP contribution in [-0.2, 0) is 11.0 Å². The van der Waals surface area contributed by atoms with Crippen LogP contribution in [0.4, 0.5) is 32.0 Å². The van der Waals surface area contributed by atoms with Gasteiger partial charge in [-0.25, -0.2) is 4.79 Å². The van der Waals surface area contributed by atoms with Crippen LogP contribution in [0.2, 0.25) is 0 Å². The Bertz CT molecular complexity index is 617. The van der Waals surface area contributed by atoms with Gasteiger partial charge in [0.25, 0.3) is 0 Å². The minimum absolute atomic E-state index is 0.213. The fourth-order valence-corrected chi connectivity index (χ4v) is 1.92. The lowest BCUT2D eigenvalue weighted by Gasteiger charge is -2.28. The zero-order chi connectivity index (χ0) is 16.0. The number of alkyl halides is 6. The van der Waals surface area contributed by atoms with Gasteiger partial charge in [0.15, 0.2) is 6.04 Å². The Hall–Kier alpha value is -2.19. The normalized spacial score (nSPS) is 18.6. The summed E-state index contributed by atoms with van der Waals surface area (Å²) in [4.78, 5) is 10.9. The maximum absolute atomic E-state index is 12.8. The highest BCUT2D eigenvalue weighted by Crippen LogP contribution is 2.38. The average Bonchev–Trinajstić information content (AvgIpc) is 2.34. The SMILES string of the molecule is O=C(O)C1=Cc2cc(C(F)(F)F)ccc2N[C@@H]1C(F)(F)F. The smallest absolute Gasteiger partial charge is 0.416 e. The first-order valence-electron chi connectivity index (χ1n) is 5.49. The molecular formula is C12H7F6NO2. The Morgan fingerprint density at radius 2 is 1.76 bits per heavy atom. The van der Waals surface area contributed by atoms with Crippen molar-refractivity contribution in [2.24, 2.45) is 0 Å². The number of nitrogens with one attached hydrogen (secondary N) is 1. The van der Waals surface area contributed by atoms with Crippen molar-refractivity contribution in [3.05, 3.63) is 34.9 Å². The molecule has 0 saturated heterocycles. The number of benzene rings is 1. The van der Waals surface area contributed by atoms with E-state index in [0.717, 1.165) is 6.07 Å². The average molecular weight is 311 g/mol. The van der Waals surface area contributed by atoms with Crippen molar-refractivity contribution in [1.82, 2.24) is 0 Å². The summed E-state index contributed by atoms with van der Waals surface area (Å²) < 4.78 is 75.9. The molecule has 1 aromatic carbocycles. The van der Waals surface area contributed by atoms with Gasteiger partial charge >= 0.3 is 18.3 Å². The summed E-state index contributed by atoms with van der Waals surface area (Å²) in [6, 6.07) is -0.415. The van der Waals surface area contributed by atoms with Crippen molar-refractivity contribution >= 4 is 17.7 Å². The molecule has 0 aromatic heterocycles. The first kappa shape index (κ1) is 15.2. The number of carboxylic acids is 1.